The highest BCUT2D eigenvalue weighted by molar-refractivity contribution is 6.31. The van der Waals surface area contributed by atoms with Gasteiger partial charge < -0.3 is 11.1 Å². The van der Waals surface area contributed by atoms with E-state index in [1.807, 2.05) is 6.07 Å². The van der Waals surface area contributed by atoms with E-state index in [-0.39, 0.29) is 0 Å². The Balaban J connectivity index is 2.29. The quantitative estimate of drug-likeness (QED) is 0.787. The average molecular weight is 211 g/mol. The molecule has 76 valence electrons. The Bertz CT molecular complexity index is 318. The molecule has 1 aromatic carbocycles. The predicted octanol–water partition coefficient (Wildman–Crippen LogP) is 2.33. The minimum Gasteiger partial charge on any atom is -0.381 e. The lowest BCUT2D eigenvalue weighted by molar-refractivity contribution is 0.684. The zero-order valence-electron chi connectivity index (χ0n) is 8.31. The van der Waals surface area contributed by atoms with Gasteiger partial charge in [0.2, 0.25) is 0 Å². The Morgan fingerprint density at radius 2 is 2.36 bits per heavy atom. The second kappa shape index (κ2) is 3.79. The molecule has 0 saturated heterocycles. The Morgan fingerprint density at radius 3 is 3.00 bits per heavy atom. The number of anilines is 1. The van der Waals surface area contributed by atoms with E-state index < -0.39 is 0 Å². The highest BCUT2D eigenvalue weighted by Gasteiger charge is 2.23. The first kappa shape index (κ1) is 9.81. The summed E-state index contributed by atoms with van der Waals surface area (Å²) < 4.78 is 0. The SMILES string of the molecule is Cc1ccc(Cl)c2c1NC(CCN)C2. The summed E-state index contributed by atoms with van der Waals surface area (Å²) in [7, 11) is 0. The van der Waals surface area contributed by atoms with Gasteiger partial charge in [-0.2, -0.15) is 0 Å². The summed E-state index contributed by atoms with van der Waals surface area (Å²) in [6.45, 7) is 2.83. The highest BCUT2D eigenvalue weighted by atomic mass is 35.5. The van der Waals surface area contributed by atoms with Crippen molar-refractivity contribution in [2.75, 3.05) is 11.9 Å². The molecule has 0 aliphatic carbocycles. The fraction of sp³-hybridized carbons (Fsp3) is 0.455. The molecular weight excluding hydrogens is 196 g/mol. The first-order valence-corrected chi connectivity index (χ1v) is 5.34. The second-order valence-corrected chi connectivity index (χ2v) is 4.25. The van der Waals surface area contributed by atoms with Gasteiger partial charge in [0.1, 0.15) is 0 Å². The number of benzene rings is 1. The first-order valence-electron chi connectivity index (χ1n) is 4.97. The van der Waals surface area contributed by atoms with Crippen LogP contribution in [0.15, 0.2) is 12.1 Å². The minimum absolute atomic E-state index is 0.466. The van der Waals surface area contributed by atoms with Crippen LogP contribution in [-0.4, -0.2) is 12.6 Å². The van der Waals surface area contributed by atoms with Crippen molar-refractivity contribution >= 4 is 17.3 Å². The van der Waals surface area contributed by atoms with E-state index in [2.05, 4.69) is 18.3 Å². The number of nitrogens with one attached hydrogen (secondary N) is 1. The topological polar surface area (TPSA) is 38.0 Å². The van der Waals surface area contributed by atoms with Crippen molar-refractivity contribution in [3.63, 3.8) is 0 Å². The number of hydrogen-bond donors (Lipinski definition) is 2. The van der Waals surface area contributed by atoms with E-state index in [0.717, 1.165) is 24.4 Å². The molecule has 0 amide bonds. The maximum absolute atomic E-state index is 6.14. The number of hydrogen-bond acceptors (Lipinski definition) is 2. The molecule has 1 heterocycles. The van der Waals surface area contributed by atoms with Crippen molar-refractivity contribution in [1.82, 2.24) is 0 Å². The molecule has 1 unspecified atom stereocenters. The monoisotopic (exact) mass is 210 g/mol. The van der Waals surface area contributed by atoms with Crippen molar-refractivity contribution in [1.29, 1.82) is 0 Å². The molecule has 0 bridgehead atoms. The van der Waals surface area contributed by atoms with Gasteiger partial charge >= 0.3 is 0 Å². The summed E-state index contributed by atoms with van der Waals surface area (Å²) in [4.78, 5) is 0. The molecule has 14 heavy (non-hydrogen) atoms. The molecule has 2 rings (SSSR count). The fourth-order valence-corrected chi connectivity index (χ4v) is 2.25. The van der Waals surface area contributed by atoms with Gasteiger partial charge in [-0.15, -0.1) is 0 Å². The van der Waals surface area contributed by atoms with Gasteiger partial charge in [-0.3, -0.25) is 0 Å². The lowest BCUT2D eigenvalue weighted by atomic mass is 10.1. The summed E-state index contributed by atoms with van der Waals surface area (Å²) in [6.07, 6.45) is 2.01. The molecule has 1 aliphatic rings. The summed E-state index contributed by atoms with van der Waals surface area (Å²) >= 11 is 6.14. The molecule has 0 radical (unpaired) electrons. The maximum atomic E-state index is 6.14. The van der Waals surface area contributed by atoms with Crippen molar-refractivity contribution in [2.24, 2.45) is 5.73 Å². The summed E-state index contributed by atoms with van der Waals surface area (Å²) in [6, 6.07) is 4.50. The molecule has 1 aliphatic heterocycles. The first-order chi connectivity index (χ1) is 6.72. The summed E-state index contributed by atoms with van der Waals surface area (Å²) in [5, 5.41) is 4.35. The summed E-state index contributed by atoms with van der Waals surface area (Å²) in [5.41, 5.74) is 9.29. The molecule has 0 spiro atoms. The van der Waals surface area contributed by atoms with Gasteiger partial charge in [0.05, 0.1) is 0 Å². The molecule has 1 aromatic rings. The van der Waals surface area contributed by atoms with Crippen LogP contribution in [0, 0.1) is 6.92 Å². The van der Waals surface area contributed by atoms with E-state index >= 15 is 0 Å². The Morgan fingerprint density at radius 1 is 1.57 bits per heavy atom. The molecule has 0 fully saturated rings. The lowest BCUT2D eigenvalue weighted by Crippen LogP contribution is -2.19. The molecule has 3 N–H and O–H groups in total. The van der Waals surface area contributed by atoms with E-state index in [4.69, 9.17) is 17.3 Å². The van der Waals surface area contributed by atoms with Gasteiger partial charge in [-0.25, -0.2) is 0 Å². The zero-order chi connectivity index (χ0) is 10.1. The van der Waals surface area contributed by atoms with Gasteiger partial charge in [0.25, 0.3) is 0 Å². The predicted molar refractivity (Wildman–Crippen MR) is 61.0 cm³/mol. The Labute approximate surface area is 89.4 Å². The number of aryl methyl sites for hydroxylation is 1. The van der Waals surface area contributed by atoms with Crippen LogP contribution in [0.25, 0.3) is 0 Å². The largest absolute Gasteiger partial charge is 0.381 e. The second-order valence-electron chi connectivity index (χ2n) is 3.84. The number of fused-ring (bicyclic) bond motifs is 1. The Kier molecular flexibility index (Phi) is 2.66. The van der Waals surface area contributed by atoms with Crippen LogP contribution in [-0.2, 0) is 6.42 Å². The zero-order valence-corrected chi connectivity index (χ0v) is 9.06. The Hall–Kier alpha value is -0.730. The third-order valence-electron chi connectivity index (χ3n) is 2.78. The van der Waals surface area contributed by atoms with Crippen LogP contribution in [0.2, 0.25) is 5.02 Å². The third kappa shape index (κ3) is 1.60. The smallest absolute Gasteiger partial charge is 0.0459 e. The molecule has 2 nitrogen and oxygen atoms in total. The average Bonchev–Trinajstić information content (AvgIpc) is 2.57. The number of rotatable bonds is 2. The third-order valence-corrected chi connectivity index (χ3v) is 3.13. The molecular formula is C11H15ClN2. The van der Waals surface area contributed by atoms with E-state index in [1.165, 1.54) is 16.8 Å². The highest BCUT2D eigenvalue weighted by Crippen LogP contribution is 2.35. The lowest BCUT2D eigenvalue weighted by Gasteiger charge is -2.09. The van der Waals surface area contributed by atoms with E-state index in [1.54, 1.807) is 0 Å². The molecule has 0 saturated carbocycles. The van der Waals surface area contributed by atoms with Gasteiger partial charge in [0, 0.05) is 16.8 Å². The van der Waals surface area contributed by atoms with E-state index in [0.29, 0.717) is 6.04 Å². The maximum Gasteiger partial charge on any atom is 0.0459 e. The van der Waals surface area contributed by atoms with Crippen molar-refractivity contribution < 1.29 is 0 Å². The molecule has 1 atom stereocenters. The van der Waals surface area contributed by atoms with Gasteiger partial charge in [0.15, 0.2) is 0 Å². The van der Waals surface area contributed by atoms with E-state index in [9.17, 15) is 0 Å². The van der Waals surface area contributed by atoms with Crippen LogP contribution in [0.3, 0.4) is 0 Å². The summed E-state index contributed by atoms with van der Waals surface area (Å²) in [5.74, 6) is 0. The fourth-order valence-electron chi connectivity index (χ4n) is 2.02. The minimum atomic E-state index is 0.466. The van der Waals surface area contributed by atoms with Crippen molar-refractivity contribution in [3.05, 3.63) is 28.3 Å². The molecule has 0 aromatic heterocycles. The van der Waals surface area contributed by atoms with Crippen LogP contribution in [0.4, 0.5) is 5.69 Å². The van der Waals surface area contributed by atoms with Crippen LogP contribution < -0.4 is 11.1 Å². The van der Waals surface area contributed by atoms with Crippen molar-refractivity contribution in [3.8, 4) is 0 Å². The standard InChI is InChI=1S/C11H15ClN2/c1-7-2-3-10(12)9-6-8(4-5-13)14-11(7)9/h2-3,8,14H,4-6,13H2,1H3. The number of nitrogens with two attached hydrogens (primary N) is 1. The van der Waals surface area contributed by atoms with Crippen LogP contribution >= 0.6 is 11.6 Å². The van der Waals surface area contributed by atoms with Gasteiger partial charge in [-0.1, -0.05) is 17.7 Å². The molecule has 3 heteroatoms. The van der Waals surface area contributed by atoms with Crippen molar-refractivity contribution in [2.45, 2.75) is 25.8 Å². The normalized spacial score (nSPS) is 19.2. The van der Waals surface area contributed by atoms with Crippen LogP contribution in [0.1, 0.15) is 17.5 Å². The number of halogens is 1. The van der Waals surface area contributed by atoms with Gasteiger partial charge in [-0.05, 0) is 43.5 Å². The van der Waals surface area contributed by atoms with Crippen LogP contribution in [0.5, 0.6) is 0 Å².